The minimum Gasteiger partial charge on any atom is -0.298 e. The molecule has 1 fully saturated rings. The van der Waals surface area contributed by atoms with E-state index in [0.29, 0.717) is 6.42 Å². The number of ketones is 1. The van der Waals surface area contributed by atoms with Crippen LogP contribution < -0.4 is 0 Å². The minimum atomic E-state index is -0.595. The number of carbonyl (C=O) groups excluding carboxylic acids is 1. The van der Waals surface area contributed by atoms with Crippen molar-refractivity contribution in [3.63, 3.8) is 0 Å². The van der Waals surface area contributed by atoms with Crippen molar-refractivity contribution in [2.75, 3.05) is 0 Å². The summed E-state index contributed by atoms with van der Waals surface area (Å²) < 4.78 is 0. The molecule has 2 nitrogen and oxygen atoms in total. The lowest BCUT2D eigenvalue weighted by atomic mass is 9.81. The Morgan fingerprint density at radius 3 is 2.22 bits per heavy atom. The Morgan fingerprint density at radius 1 is 1.11 bits per heavy atom. The Kier molecular flexibility index (Phi) is 7.01. The average Bonchev–Trinajstić information content (AvgIpc) is 2.75. The molecule has 1 saturated carbocycles. The van der Waals surface area contributed by atoms with Crippen molar-refractivity contribution in [3.8, 4) is 6.07 Å². The molecule has 0 aromatic heterocycles. The van der Waals surface area contributed by atoms with Crippen LogP contribution in [0.4, 0.5) is 0 Å². The standard InChI is InChI=1S/C16H27NO/c1-2-3-4-5-6-7-8-9-12-16(14-17)13-10-11-15(16)18/h2-13H2,1H3. The van der Waals surface area contributed by atoms with Crippen LogP contribution in [0.1, 0.15) is 84.0 Å². The van der Waals surface area contributed by atoms with E-state index in [-0.39, 0.29) is 5.78 Å². The zero-order valence-electron chi connectivity index (χ0n) is 11.8. The molecule has 0 heterocycles. The van der Waals surface area contributed by atoms with E-state index in [9.17, 15) is 10.1 Å². The van der Waals surface area contributed by atoms with Crippen LogP contribution in [-0.2, 0) is 4.79 Å². The second-order valence-electron chi connectivity index (χ2n) is 5.70. The molecule has 0 bridgehead atoms. The predicted octanol–water partition coefficient (Wildman–Crippen LogP) is 4.78. The SMILES string of the molecule is CCCCCCCCCCC1(C#N)CCCC1=O. The first-order chi connectivity index (χ1) is 8.75. The zero-order valence-corrected chi connectivity index (χ0v) is 11.8. The number of nitriles is 1. The first-order valence-corrected chi connectivity index (χ1v) is 7.70. The summed E-state index contributed by atoms with van der Waals surface area (Å²) in [5.41, 5.74) is -0.595. The highest BCUT2D eigenvalue weighted by Crippen LogP contribution is 2.38. The third kappa shape index (κ3) is 4.44. The molecule has 1 unspecified atom stereocenters. The summed E-state index contributed by atoms with van der Waals surface area (Å²) in [4.78, 5) is 11.7. The fourth-order valence-electron chi connectivity index (χ4n) is 2.93. The number of hydrogen-bond donors (Lipinski definition) is 0. The number of Topliss-reactive ketones (excluding diaryl/α,β-unsaturated/α-hetero) is 1. The smallest absolute Gasteiger partial charge is 0.153 e. The van der Waals surface area contributed by atoms with Crippen molar-refractivity contribution in [3.05, 3.63) is 0 Å². The van der Waals surface area contributed by atoms with Gasteiger partial charge in [0.1, 0.15) is 5.41 Å². The van der Waals surface area contributed by atoms with E-state index in [1.54, 1.807) is 0 Å². The molecule has 0 N–H and O–H groups in total. The van der Waals surface area contributed by atoms with Crippen LogP contribution in [0.2, 0.25) is 0 Å². The topological polar surface area (TPSA) is 40.9 Å². The van der Waals surface area contributed by atoms with Gasteiger partial charge in [-0.3, -0.25) is 4.79 Å². The van der Waals surface area contributed by atoms with E-state index in [1.807, 2.05) is 0 Å². The van der Waals surface area contributed by atoms with Crippen LogP contribution >= 0.6 is 0 Å². The lowest BCUT2D eigenvalue weighted by Crippen LogP contribution is -2.23. The second kappa shape index (κ2) is 8.29. The minimum absolute atomic E-state index is 0.202. The van der Waals surface area contributed by atoms with Gasteiger partial charge in [0.2, 0.25) is 0 Å². The molecular formula is C16H27NO. The summed E-state index contributed by atoms with van der Waals surface area (Å²) in [5.74, 6) is 0.202. The van der Waals surface area contributed by atoms with Gasteiger partial charge in [-0.05, 0) is 19.3 Å². The monoisotopic (exact) mass is 249 g/mol. The lowest BCUT2D eigenvalue weighted by Gasteiger charge is -2.17. The highest BCUT2D eigenvalue weighted by molar-refractivity contribution is 5.89. The largest absolute Gasteiger partial charge is 0.298 e. The van der Waals surface area contributed by atoms with Crippen molar-refractivity contribution >= 4 is 5.78 Å². The number of unbranched alkanes of at least 4 members (excludes halogenated alkanes) is 7. The van der Waals surface area contributed by atoms with Gasteiger partial charge in [0, 0.05) is 6.42 Å². The zero-order chi connectivity index (χ0) is 13.3. The number of carbonyl (C=O) groups is 1. The van der Waals surface area contributed by atoms with Crippen LogP contribution in [0.25, 0.3) is 0 Å². The fourth-order valence-corrected chi connectivity index (χ4v) is 2.93. The highest BCUT2D eigenvalue weighted by atomic mass is 16.1. The van der Waals surface area contributed by atoms with Crippen molar-refractivity contribution in [1.29, 1.82) is 5.26 Å². The molecule has 1 aliphatic rings. The molecule has 0 saturated heterocycles. The molecule has 102 valence electrons. The molecule has 0 spiro atoms. The molecule has 0 amide bonds. The van der Waals surface area contributed by atoms with Gasteiger partial charge < -0.3 is 0 Å². The Labute approximate surface area is 112 Å². The molecule has 0 aliphatic heterocycles. The summed E-state index contributed by atoms with van der Waals surface area (Å²) in [6.07, 6.45) is 13.3. The molecule has 2 heteroatoms. The fraction of sp³-hybridized carbons (Fsp3) is 0.875. The molecule has 1 atom stereocenters. The van der Waals surface area contributed by atoms with Crippen LogP contribution in [0.5, 0.6) is 0 Å². The molecule has 18 heavy (non-hydrogen) atoms. The Morgan fingerprint density at radius 2 is 1.72 bits per heavy atom. The van der Waals surface area contributed by atoms with E-state index >= 15 is 0 Å². The van der Waals surface area contributed by atoms with Crippen LogP contribution in [0.3, 0.4) is 0 Å². The van der Waals surface area contributed by atoms with Crippen LogP contribution in [0.15, 0.2) is 0 Å². The van der Waals surface area contributed by atoms with Crippen LogP contribution in [0, 0.1) is 16.7 Å². The van der Waals surface area contributed by atoms with Gasteiger partial charge in [0.15, 0.2) is 5.78 Å². The molecule has 1 rings (SSSR count). The van der Waals surface area contributed by atoms with E-state index in [2.05, 4.69) is 13.0 Å². The van der Waals surface area contributed by atoms with Crippen molar-refractivity contribution < 1.29 is 4.79 Å². The predicted molar refractivity (Wildman–Crippen MR) is 74.1 cm³/mol. The van der Waals surface area contributed by atoms with Gasteiger partial charge in [0.05, 0.1) is 6.07 Å². The van der Waals surface area contributed by atoms with E-state index in [4.69, 9.17) is 0 Å². The summed E-state index contributed by atoms with van der Waals surface area (Å²) in [6.45, 7) is 2.24. The van der Waals surface area contributed by atoms with Gasteiger partial charge >= 0.3 is 0 Å². The first kappa shape index (κ1) is 15.2. The molecular weight excluding hydrogens is 222 g/mol. The van der Waals surface area contributed by atoms with Crippen molar-refractivity contribution in [2.45, 2.75) is 84.0 Å². The van der Waals surface area contributed by atoms with Gasteiger partial charge in [-0.15, -0.1) is 0 Å². The van der Waals surface area contributed by atoms with Gasteiger partial charge in [-0.1, -0.05) is 58.3 Å². The average molecular weight is 249 g/mol. The maximum Gasteiger partial charge on any atom is 0.153 e. The van der Waals surface area contributed by atoms with E-state index in [1.165, 1.54) is 44.9 Å². The van der Waals surface area contributed by atoms with Gasteiger partial charge in [-0.25, -0.2) is 0 Å². The number of rotatable bonds is 9. The Hall–Kier alpha value is -0.840. The normalized spacial score (nSPS) is 23.2. The quantitative estimate of drug-likeness (QED) is 0.552. The molecule has 0 radical (unpaired) electrons. The maximum absolute atomic E-state index is 11.7. The van der Waals surface area contributed by atoms with Crippen LogP contribution in [-0.4, -0.2) is 5.78 Å². The van der Waals surface area contributed by atoms with E-state index < -0.39 is 5.41 Å². The third-order valence-electron chi connectivity index (χ3n) is 4.21. The molecule has 0 aromatic carbocycles. The Bertz CT molecular complexity index is 292. The summed E-state index contributed by atoms with van der Waals surface area (Å²) in [5, 5.41) is 9.22. The summed E-state index contributed by atoms with van der Waals surface area (Å²) in [6, 6.07) is 2.30. The highest BCUT2D eigenvalue weighted by Gasteiger charge is 2.41. The molecule has 0 aromatic rings. The summed E-state index contributed by atoms with van der Waals surface area (Å²) in [7, 11) is 0. The number of nitrogens with zero attached hydrogens (tertiary/aromatic N) is 1. The number of hydrogen-bond acceptors (Lipinski definition) is 2. The lowest BCUT2D eigenvalue weighted by molar-refractivity contribution is -0.123. The van der Waals surface area contributed by atoms with E-state index in [0.717, 1.165) is 25.7 Å². The van der Waals surface area contributed by atoms with Gasteiger partial charge in [0.25, 0.3) is 0 Å². The van der Waals surface area contributed by atoms with Crippen molar-refractivity contribution in [1.82, 2.24) is 0 Å². The second-order valence-corrected chi connectivity index (χ2v) is 5.70. The molecule has 1 aliphatic carbocycles. The third-order valence-corrected chi connectivity index (χ3v) is 4.21. The first-order valence-electron chi connectivity index (χ1n) is 7.70. The van der Waals surface area contributed by atoms with Crippen molar-refractivity contribution in [2.24, 2.45) is 5.41 Å². The summed E-state index contributed by atoms with van der Waals surface area (Å²) >= 11 is 0. The van der Waals surface area contributed by atoms with Gasteiger partial charge in [-0.2, -0.15) is 5.26 Å². The maximum atomic E-state index is 11.7. The Balaban J connectivity index is 2.07.